The van der Waals surface area contributed by atoms with Gasteiger partial charge in [-0.15, -0.1) is 0 Å². The van der Waals surface area contributed by atoms with E-state index < -0.39 is 11.6 Å². The first-order valence-corrected chi connectivity index (χ1v) is 9.26. The summed E-state index contributed by atoms with van der Waals surface area (Å²) in [5.74, 6) is 0.860. The molecule has 0 saturated heterocycles. The maximum absolute atomic E-state index is 13.0. The number of hydrogen-bond donors (Lipinski definition) is 2. The summed E-state index contributed by atoms with van der Waals surface area (Å²) in [4.78, 5) is 41.5. The van der Waals surface area contributed by atoms with Gasteiger partial charge in [-0.1, -0.05) is 6.07 Å². The normalized spacial score (nSPS) is 14.9. The second-order valence-electron chi connectivity index (χ2n) is 7.26. The van der Waals surface area contributed by atoms with Gasteiger partial charge >= 0.3 is 6.03 Å². The Bertz CT molecular complexity index is 1110. The minimum absolute atomic E-state index is 0.127. The number of nitrogens with zero attached hydrogens (tertiary/aromatic N) is 2. The summed E-state index contributed by atoms with van der Waals surface area (Å²) in [7, 11) is 1.54. The number of carbonyl (C=O) groups excluding carboxylic acids is 3. The highest BCUT2D eigenvalue weighted by atomic mass is 16.5. The second-order valence-corrected chi connectivity index (χ2v) is 7.26. The van der Waals surface area contributed by atoms with Gasteiger partial charge in [-0.25, -0.2) is 4.79 Å². The average Bonchev–Trinajstić information content (AvgIpc) is 3.30. The summed E-state index contributed by atoms with van der Waals surface area (Å²) >= 11 is 0. The zero-order chi connectivity index (χ0) is 21.3. The van der Waals surface area contributed by atoms with Crippen LogP contribution in [0.5, 0.6) is 5.75 Å². The minimum atomic E-state index is -1.10. The highest BCUT2D eigenvalue weighted by Gasteiger charge is 2.39. The first kappa shape index (κ1) is 19.4. The number of nitrogens with one attached hydrogen (secondary N) is 2. The molecular formula is C21H20N4O5. The molecule has 2 aromatic heterocycles. The molecule has 9 heteroatoms. The lowest BCUT2D eigenvalue weighted by molar-refractivity contribution is -0.108. The number of fused-ring (bicyclic) bond motifs is 2. The molecule has 1 aliphatic rings. The van der Waals surface area contributed by atoms with Gasteiger partial charge in [-0.3, -0.25) is 19.9 Å². The lowest BCUT2D eigenvalue weighted by atomic mass is 9.97. The number of methoxy groups -OCH3 is 1. The van der Waals surface area contributed by atoms with Crippen molar-refractivity contribution >= 4 is 29.3 Å². The van der Waals surface area contributed by atoms with Crippen LogP contribution < -0.4 is 15.4 Å². The number of ether oxygens (including phenoxy) is 1. The van der Waals surface area contributed by atoms with Gasteiger partial charge in [-0.2, -0.15) is 0 Å². The van der Waals surface area contributed by atoms with Gasteiger partial charge in [0.2, 0.25) is 6.41 Å². The molecule has 3 heterocycles. The first-order valence-electron chi connectivity index (χ1n) is 9.26. The lowest BCUT2D eigenvalue weighted by Crippen LogP contribution is -2.53. The number of furan rings is 1. The fourth-order valence-corrected chi connectivity index (χ4v) is 3.65. The van der Waals surface area contributed by atoms with Crippen LogP contribution in [-0.4, -0.2) is 41.9 Å². The maximum Gasteiger partial charge on any atom is 0.322 e. The molecule has 154 valence electrons. The third-order valence-electron chi connectivity index (χ3n) is 5.15. The Morgan fingerprint density at radius 3 is 2.93 bits per heavy atom. The van der Waals surface area contributed by atoms with E-state index in [9.17, 15) is 14.4 Å². The van der Waals surface area contributed by atoms with Crippen LogP contribution in [-0.2, 0) is 16.9 Å². The Balaban J connectivity index is 1.67. The van der Waals surface area contributed by atoms with Crippen molar-refractivity contribution in [2.45, 2.75) is 19.0 Å². The van der Waals surface area contributed by atoms with Gasteiger partial charge in [0.15, 0.2) is 5.58 Å². The summed E-state index contributed by atoms with van der Waals surface area (Å²) in [6.07, 6.45) is 3.51. The Morgan fingerprint density at radius 2 is 2.20 bits per heavy atom. The average molecular weight is 408 g/mol. The maximum atomic E-state index is 13.0. The molecule has 0 fully saturated rings. The Morgan fingerprint density at radius 1 is 1.37 bits per heavy atom. The number of rotatable bonds is 6. The minimum Gasteiger partial charge on any atom is -0.497 e. The lowest BCUT2D eigenvalue weighted by Gasteiger charge is -2.32. The molecule has 9 nitrogen and oxygen atoms in total. The van der Waals surface area contributed by atoms with E-state index in [1.54, 1.807) is 55.6 Å². The number of urea groups is 1. The highest BCUT2D eigenvalue weighted by molar-refractivity contribution is 5.99. The smallest absolute Gasteiger partial charge is 0.322 e. The van der Waals surface area contributed by atoms with E-state index in [0.29, 0.717) is 35.6 Å². The first-order chi connectivity index (χ1) is 14.4. The number of benzene rings is 1. The van der Waals surface area contributed by atoms with E-state index in [1.165, 1.54) is 0 Å². The van der Waals surface area contributed by atoms with Crippen molar-refractivity contribution in [3.05, 3.63) is 59.6 Å². The number of pyridine rings is 1. The van der Waals surface area contributed by atoms with E-state index in [4.69, 9.17) is 9.15 Å². The van der Waals surface area contributed by atoms with Crippen LogP contribution in [0, 0.1) is 0 Å². The molecule has 0 radical (unpaired) electrons. The van der Waals surface area contributed by atoms with Gasteiger partial charge in [0.1, 0.15) is 17.0 Å². The molecule has 30 heavy (non-hydrogen) atoms. The predicted octanol–water partition coefficient (Wildman–Crippen LogP) is 2.16. The van der Waals surface area contributed by atoms with Crippen molar-refractivity contribution in [2.75, 3.05) is 13.7 Å². The van der Waals surface area contributed by atoms with Gasteiger partial charge in [-0.05, 0) is 36.8 Å². The number of hydrogen-bond acceptors (Lipinski definition) is 6. The third-order valence-corrected chi connectivity index (χ3v) is 5.15. The van der Waals surface area contributed by atoms with Crippen molar-refractivity contribution in [2.24, 2.45) is 0 Å². The molecule has 4 amide bonds. The number of aromatic nitrogens is 1. The summed E-state index contributed by atoms with van der Waals surface area (Å²) < 4.78 is 11.1. The van der Waals surface area contributed by atoms with E-state index >= 15 is 0 Å². The molecule has 0 unspecified atom stereocenters. The SMILES string of the molecule is COc1ccc2c(c1)C(=O)N(C[C@](C)(NC(=O)NC=O)c1cc3ccncc3o1)C2. The van der Waals surface area contributed by atoms with Crippen LogP contribution in [0.1, 0.15) is 28.6 Å². The Labute approximate surface area is 172 Å². The molecule has 1 aliphatic heterocycles. The van der Waals surface area contributed by atoms with E-state index in [-0.39, 0.29) is 12.5 Å². The van der Waals surface area contributed by atoms with Crippen molar-refractivity contribution in [3.8, 4) is 5.75 Å². The molecule has 1 atom stereocenters. The van der Waals surface area contributed by atoms with Gasteiger partial charge in [0.25, 0.3) is 5.91 Å². The quantitative estimate of drug-likeness (QED) is 0.604. The van der Waals surface area contributed by atoms with Crippen LogP contribution in [0.15, 0.2) is 47.1 Å². The molecule has 2 N–H and O–H groups in total. The fourth-order valence-electron chi connectivity index (χ4n) is 3.65. The van der Waals surface area contributed by atoms with E-state index in [1.807, 2.05) is 6.07 Å². The Kier molecular flexibility index (Phi) is 4.86. The standard InChI is InChI=1S/C21H20N4O5/c1-21(24-20(28)23-12-26,18-7-13-5-6-22-9-17(13)30-18)11-25-10-14-3-4-15(29-2)8-16(14)19(25)27/h3-9,12H,10-11H2,1-2H3,(H2,23,24,26,28)/t21-/m0/s1. The highest BCUT2D eigenvalue weighted by Crippen LogP contribution is 2.32. The largest absolute Gasteiger partial charge is 0.497 e. The van der Waals surface area contributed by atoms with Gasteiger partial charge in [0, 0.05) is 23.7 Å². The molecule has 0 saturated carbocycles. The molecule has 1 aromatic carbocycles. The zero-order valence-corrected chi connectivity index (χ0v) is 16.5. The van der Waals surface area contributed by atoms with Crippen LogP contribution in [0.25, 0.3) is 11.0 Å². The summed E-state index contributed by atoms with van der Waals surface area (Å²) in [6, 6.07) is 8.23. The molecule has 0 spiro atoms. The number of carbonyl (C=O) groups is 3. The van der Waals surface area contributed by atoms with Crippen molar-refractivity contribution in [1.29, 1.82) is 0 Å². The van der Waals surface area contributed by atoms with Crippen LogP contribution >= 0.6 is 0 Å². The predicted molar refractivity (Wildman–Crippen MR) is 107 cm³/mol. The molecule has 3 aromatic rings. The zero-order valence-electron chi connectivity index (χ0n) is 16.5. The topological polar surface area (TPSA) is 114 Å². The Hall–Kier alpha value is -3.88. The molecule has 4 rings (SSSR count). The third kappa shape index (κ3) is 3.45. The fraction of sp³-hybridized carbons (Fsp3) is 0.238. The van der Waals surface area contributed by atoms with E-state index in [0.717, 1.165) is 10.9 Å². The van der Waals surface area contributed by atoms with Crippen molar-refractivity contribution in [1.82, 2.24) is 20.5 Å². The number of imide groups is 1. The molecule has 0 bridgehead atoms. The van der Waals surface area contributed by atoms with Crippen LogP contribution in [0.3, 0.4) is 0 Å². The van der Waals surface area contributed by atoms with E-state index in [2.05, 4.69) is 15.6 Å². The van der Waals surface area contributed by atoms with Crippen molar-refractivity contribution in [3.63, 3.8) is 0 Å². The second kappa shape index (κ2) is 7.51. The van der Waals surface area contributed by atoms with Gasteiger partial charge < -0.3 is 19.4 Å². The van der Waals surface area contributed by atoms with Crippen LogP contribution in [0.4, 0.5) is 4.79 Å². The monoisotopic (exact) mass is 408 g/mol. The molecular weight excluding hydrogens is 388 g/mol. The van der Waals surface area contributed by atoms with Crippen molar-refractivity contribution < 1.29 is 23.5 Å². The number of amides is 4. The summed E-state index contributed by atoms with van der Waals surface area (Å²) in [5, 5.41) is 5.63. The van der Waals surface area contributed by atoms with Gasteiger partial charge in [0.05, 0.1) is 19.9 Å². The molecule has 0 aliphatic carbocycles. The summed E-state index contributed by atoms with van der Waals surface area (Å²) in [6.45, 7) is 2.24. The summed E-state index contributed by atoms with van der Waals surface area (Å²) in [5.41, 5.74) is 0.878. The van der Waals surface area contributed by atoms with Crippen LogP contribution in [0.2, 0.25) is 0 Å².